The first-order valence-electron chi connectivity index (χ1n) is 14.5. The van der Waals surface area contributed by atoms with E-state index >= 15 is 0 Å². The normalized spacial score (nSPS) is 16.0. The molecule has 0 saturated heterocycles. The van der Waals surface area contributed by atoms with Crippen molar-refractivity contribution in [1.29, 1.82) is 0 Å². The average Bonchev–Trinajstić information content (AvgIpc) is 3.38. The lowest BCUT2D eigenvalue weighted by Gasteiger charge is -2.27. The van der Waals surface area contributed by atoms with Crippen LogP contribution in [-0.2, 0) is 27.3 Å². The molecule has 3 aromatic carbocycles. The number of aryl methyl sites for hydroxylation is 1. The van der Waals surface area contributed by atoms with Crippen molar-refractivity contribution >= 4 is 51.9 Å². The van der Waals surface area contributed by atoms with E-state index in [0.717, 1.165) is 23.2 Å². The first-order chi connectivity index (χ1) is 20.9. The Balaban J connectivity index is 1.27. The first kappa shape index (κ1) is 30.0. The van der Waals surface area contributed by atoms with Gasteiger partial charge >= 0.3 is 0 Å². The Morgan fingerprint density at radius 3 is 2.51 bits per heavy atom. The van der Waals surface area contributed by atoms with E-state index in [2.05, 4.69) is 17.6 Å². The highest BCUT2D eigenvalue weighted by molar-refractivity contribution is 8.15. The summed E-state index contributed by atoms with van der Waals surface area (Å²) in [7, 11) is 1.59. The van der Waals surface area contributed by atoms with Gasteiger partial charge in [0, 0.05) is 29.8 Å². The molecule has 0 radical (unpaired) electrons. The summed E-state index contributed by atoms with van der Waals surface area (Å²) in [6.45, 7) is 4.34. The number of methoxy groups -OCH3 is 1. The molecule has 2 aliphatic heterocycles. The Morgan fingerprint density at radius 2 is 1.77 bits per heavy atom. The molecule has 0 aliphatic carbocycles. The van der Waals surface area contributed by atoms with Gasteiger partial charge < -0.3 is 15.4 Å². The van der Waals surface area contributed by atoms with Crippen LogP contribution in [0.2, 0.25) is 0 Å². The molecule has 43 heavy (non-hydrogen) atoms. The van der Waals surface area contributed by atoms with Crippen LogP contribution >= 0.6 is 11.8 Å². The topological polar surface area (TPSA) is 112 Å². The van der Waals surface area contributed by atoms with Crippen molar-refractivity contribution in [3.63, 3.8) is 0 Å². The summed E-state index contributed by atoms with van der Waals surface area (Å²) in [4.78, 5) is 50.7. The minimum atomic E-state index is -0.727. The van der Waals surface area contributed by atoms with E-state index in [-0.39, 0.29) is 30.6 Å². The van der Waals surface area contributed by atoms with Crippen molar-refractivity contribution in [3.05, 3.63) is 89.5 Å². The molecule has 10 heteroatoms. The Morgan fingerprint density at radius 1 is 1.02 bits per heavy atom. The minimum absolute atomic E-state index is 0.133. The number of amides is 3. The number of fused-ring (bicyclic) bond motifs is 3. The van der Waals surface area contributed by atoms with Crippen LogP contribution in [0, 0.1) is 0 Å². The van der Waals surface area contributed by atoms with Crippen LogP contribution in [0.5, 0.6) is 5.75 Å². The number of para-hydroxylation sites is 2. The van der Waals surface area contributed by atoms with Crippen molar-refractivity contribution in [2.45, 2.75) is 57.4 Å². The molecule has 2 aliphatic rings. The number of carbonyl (C=O) groups is 3. The van der Waals surface area contributed by atoms with E-state index in [1.54, 1.807) is 7.11 Å². The second-order valence-corrected chi connectivity index (χ2v) is 11.4. The van der Waals surface area contributed by atoms with Gasteiger partial charge in [-0.25, -0.2) is 9.89 Å². The fourth-order valence-corrected chi connectivity index (χ4v) is 5.98. The maximum atomic E-state index is 13.7. The lowest BCUT2D eigenvalue weighted by molar-refractivity contribution is -0.125. The lowest BCUT2D eigenvalue weighted by Crippen LogP contribution is -2.42. The lowest BCUT2D eigenvalue weighted by atomic mass is 10.1. The van der Waals surface area contributed by atoms with Gasteiger partial charge in [0.1, 0.15) is 17.6 Å². The predicted molar refractivity (Wildman–Crippen MR) is 171 cm³/mol. The van der Waals surface area contributed by atoms with Gasteiger partial charge in [-0.15, -0.1) is 0 Å². The monoisotopic (exact) mass is 597 g/mol. The van der Waals surface area contributed by atoms with Gasteiger partial charge in [0.2, 0.25) is 11.8 Å². The Kier molecular flexibility index (Phi) is 9.56. The molecular weight excluding hydrogens is 562 g/mol. The number of rotatable bonds is 11. The van der Waals surface area contributed by atoms with Gasteiger partial charge in [-0.05, 0) is 55.2 Å². The van der Waals surface area contributed by atoms with Crippen molar-refractivity contribution in [2.75, 3.05) is 12.4 Å². The first-order valence-corrected chi connectivity index (χ1v) is 15.3. The summed E-state index contributed by atoms with van der Waals surface area (Å²) in [5.74, 6) is 0.615. The summed E-state index contributed by atoms with van der Waals surface area (Å²) in [5.41, 5.74) is 4.22. The van der Waals surface area contributed by atoms with Crippen molar-refractivity contribution in [1.82, 2.24) is 10.2 Å². The fraction of sp³-hybridized carbons (Fsp3) is 0.303. The molecule has 0 bridgehead atoms. The summed E-state index contributed by atoms with van der Waals surface area (Å²) >= 11 is 1.25. The zero-order valence-corrected chi connectivity index (χ0v) is 25.3. The molecule has 0 fully saturated rings. The zero-order chi connectivity index (χ0) is 30.3. The molecule has 5 rings (SSSR count). The van der Waals surface area contributed by atoms with E-state index in [4.69, 9.17) is 14.7 Å². The molecule has 2 N–H and O–H groups in total. The highest BCUT2D eigenvalue weighted by Gasteiger charge is 2.42. The van der Waals surface area contributed by atoms with Crippen molar-refractivity contribution in [2.24, 2.45) is 9.98 Å². The van der Waals surface area contributed by atoms with Crippen LogP contribution in [0.25, 0.3) is 0 Å². The zero-order valence-electron chi connectivity index (χ0n) is 24.5. The smallest absolute Gasteiger partial charge is 0.259 e. The quantitative estimate of drug-likeness (QED) is 0.305. The largest absolute Gasteiger partial charge is 0.496 e. The molecule has 2 atom stereocenters. The highest BCUT2D eigenvalue weighted by Crippen LogP contribution is 2.36. The van der Waals surface area contributed by atoms with E-state index < -0.39 is 11.3 Å². The van der Waals surface area contributed by atoms with Crippen LogP contribution in [0.4, 0.5) is 11.4 Å². The van der Waals surface area contributed by atoms with Crippen LogP contribution < -0.4 is 15.4 Å². The second kappa shape index (κ2) is 13.7. The number of hydrogen-bond donors (Lipinski definition) is 2. The van der Waals surface area contributed by atoms with Gasteiger partial charge in [-0.1, -0.05) is 68.1 Å². The number of benzene rings is 3. The summed E-state index contributed by atoms with van der Waals surface area (Å²) in [6, 6.07) is 22.1. The molecular formula is C33H35N5O4S. The van der Waals surface area contributed by atoms with Gasteiger partial charge in [-0.3, -0.25) is 19.4 Å². The predicted octanol–water partition coefficient (Wildman–Crippen LogP) is 5.46. The van der Waals surface area contributed by atoms with Gasteiger partial charge in [0.25, 0.3) is 5.91 Å². The Labute approximate surface area is 255 Å². The molecule has 9 nitrogen and oxygen atoms in total. The van der Waals surface area contributed by atoms with Crippen LogP contribution in [-0.4, -0.2) is 52.0 Å². The highest BCUT2D eigenvalue weighted by atomic mass is 32.2. The van der Waals surface area contributed by atoms with E-state index in [9.17, 15) is 14.4 Å². The van der Waals surface area contributed by atoms with Gasteiger partial charge in [0.15, 0.2) is 5.17 Å². The molecule has 2 heterocycles. The van der Waals surface area contributed by atoms with E-state index in [1.807, 2.05) is 79.7 Å². The molecule has 3 aromatic rings. The fourth-order valence-electron chi connectivity index (χ4n) is 4.96. The molecule has 0 unspecified atom stereocenters. The number of hydrogen-bond acceptors (Lipinski definition) is 7. The Bertz CT molecular complexity index is 1570. The molecule has 0 saturated carbocycles. The number of ether oxygens (including phenoxy) is 1. The third-order valence-electron chi connectivity index (χ3n) is 7.40. The number of thioether (sulfide) groups is 1. The number of nitrogens with one attached hydrogen (secondary N) is 2. The standard InChI is InChI=1S/C33H35N5O4S/c1-4-21-14-16-23(17-15-21)35-31(40)28(5-2)43-33-37-25-12-8-7-11-24(25)30-36-26(32(41)38(30)33)18-19-29(39)34-20-22-10-6-9-13-27(22)42-3/h6-17,26,28H,4-5,18-20H2,1-3H3,(H,34,39)(H,35,40)/t26-,28+/m0/s1. The van der Waals surface area contributed by atoms with Gasteiger partial charge in [-0.2, -0.15) is 0 Å². The SMILES string of the molecule is CCc1ccc(NC(=O)[C@@H](CC)SC2=Nc3ccccc3C3=N[C@@H](CCC(=O)NCc4ccccc4OC)C(=O)N23)cc1. The summed E-state index contributed by atoms with van der Waals surface area (Å²) in [5, 5.41) is 5.83. The number of carbonyl (C=O) groups excluding carboxylic acids is 3. The molecule has 0 aromatic heterocycles. The number of nitrogens with zero attached hydrogens (tertiary/aromatic N) is 3. The number of anilines is 1. The molecule has 222 valence electrons. The third kappa shape index (κ3) is 6.80. The van der Waals surface area contributed by atoms with Crippen LogP contribution in [0.1, 0.15) is 49.8 Å². The van der Waals surface area contributed by atoms with E-state index in [0.29, 0.717) is 35.4 Å². The molecule has 0 spiro atoms. The van der Waals surface area contributed by atoms with Crippen molar-refractivity contribution in [3.8, 4) is 5.75 Å². The van der Waals surface area contributed by atoms with Crippen LogP contribution in [0.15, 0.2) is 82.8 Å². The van der Waals surface area contributed by atoms with Crippen LogP contribution in [0.3, 0.4) is 0 Å². The Hall–Kier alpha value is -4.44. The average molecular weight is 598 g/mol. The maximum absolute atomic E-state index is 13.7. The molecule has 3 amide bonds. The van der Waals surface area contributed by atoms with Crippen molar-refractivity contribution < 1.29 is 19.1 Å². The number of amidine groups is 2. The summed E-state index contributed by atoms with van der Waals surface area (Å²) in [6.07, 6.45) is 1.84. The van der Waals surface area contributed by atoms with E-state index in [1.165, 1.54) is 22.2 Å². The minimum Gasteiger partial charge on any atom is -0.496 e. The third-order valence-corrected chi connectivity index (χ3v) is 8.72. The summed E-state index contributed by atoms with van der Waals surface area (Å²) < 4.78 is 5.36. The maximum Gasteiger partial charge on any atom is 0.259 e. The number of aliphatic imine (C=N–C) groups is 2. The second-order valence-electron chi connectivity index (χ2n) is 10.2. The van der Waals surface area contributed by atoms with Gasteiger partial charge in [0.05, 0.1) is 18.0 Å².